The quantitative estimate of drug-likeness (QED) is 0.848. The first-order valence-corrected chi connectivity index (χ1v) is 7.13. The van der Waals surface area contributed by atoms with E-state index in [0.29, 0.717) is 6.54 Å². The lowest BCUT2D eigenvalue weighted by Gasteiger charge is -2.24. The Hall–Kier alpha value is -2.15. The summed E-state index contributed by atoms with van der Waals surface area (Å²) in [5.74, 6) is 0. The molecule has 1 atom stereocenters. The van der Waals surface area contributed by atoms with Crippen LogP contribution >= 0.6 is 0 Å². The van der Waals surface area contributed by atoms with Gasteiger partial charge in [0.05, 0.1) is 18.6 Å². The molecule has 0 saturated heterocycles. The lowest BCUT2D eigenvalue weighted by molar-refractivity contribution is 0.108. The van der Waals surface area contributed by atoms with Crippen molar-refractivity contribution in [3.8, 4) is 6.07 Å². The average Bonchev–Trinajstić information content (AvgIpc) is 2.49. The molecular formula is C18H20N2O. The number of nitriles is 1. The van der Waals surface area contributed by atoms with Gasteiger partial charge in [-0.1, -0.05) is 60.7 Å². The van der Waals surface area contributed by atoms with E-state index < -0.39 is 6.10 Å². The molecule has 2 rings (SSSR count). The van der Waals surface area contributed by atoms with Gasteiger partial charge in [0, 0.05) is 19.6 Å². The summed E-state index contributed by atoms with van der Waals surface area (Å²) in [7, 11) is 0. The van der Waals surface area contributed by atoms with Gasteiger partial charge in [0.15, 0.2) is 0 Å². The van der Waals surface area contributed by atoms with Crippen molar-refractivity contribution in [2.24, 2.45) is 0 Å². The molecule has 0 spiro atoms. The van der Waals surface area contributed by atoms with Gasteiger partial charge < -0.3 is 5.11 Å². The molecule has 0 aliphatic carbocycles. The molecule has 3 heteroatoms. The van der Waals surface area contributed by atoms with Crippen molar-refractivity contribution in [1.29, 1.82) is 5.26 Å². The van der Waals surface area contributed by atoms with E-state index in [4.69, 9.17) is 5.26 Å². The van der Waals surface area contributed by atoms with Crippen molar-refractivity contribution in [2.75, 3.05) is 6.54 Å². The highest BCUT2D eigenvalue weighted by Gasteiger charge is 2.12. The normalized spacial score (nSPS) is 12.0. The first-order chi connectivity index (χ1) is 10.3. The number of rotatable bonds is 7. The monoisotopic (exact) mass is 280 g/mol. The molecule has 1 N–H and O–H groups in total. The lowest BCUT2D eigenvalue weighted by Crippen LogP contribution is -2.31. The van der Waals surface area contributed by atoms with Crippen LogP contribution in [0.3, 0.4) is 0 Å². The molecule has 0 heterocycles. The lowest BCUT2D eigenvalue weighted by atomic mass is 10.1. The zero-order valence-corrected chi connectivity index (χ0v) is 12.0. The van der Waals surface area contributed by atoms with E-state index in [1.165, 1.54) is 11.1 Å². The van der Waals surface area contributed by atoms with Crippen molar-refractivity contribution in [3.63, 3.8) is 0 Å². The minimum Gasteiger partial charge on any atom is -0.391 e. The largest absolute Gasteiger partial charge is 0.391 e. The van der Waals surface area contributed by atoms with Gasteiger partial charge in [-0.2, -0.15) is 5.26 Å². The van der Waals surface area contributed by atoms with Crippen LogP contribution in [0.2, 0.25) is 0 Å². The van der Waals surface area contributed by atoms with Crippen LogP contribution < -0.4 is 0 Å². The SMILES string of the molecule is N#CCC(O)CN(Cc1ccccc1)Cc1ccccc1. The van der Waals surface area contributed by atoms with Crippen LogP contribution in [0.4, 0.5) is 0 Å². The summed E-state index contributed by atoms with van der Waals surface area (Å²) < 4.78 is 0. The average molecular weight is 280 g/mol. The summed E-state index contributed by atoms with van der Waals surface area (Å²) in [5.41, 5.74) is 2.41. The van der Waals surface area contributed by atoms with Crippen LogP contribution in [0.25, 0.3) is 0 Å². The zero-order valence-electron chi connectivity index (χ0n) is 12.0. The van der Waals surface area contributed by atoms with Crippen LogP contribution in [-0.4, -0.2) is 22.7 Å². The second kappa shape index (κ2) is 8.21. The third-order valence-electron chi connectivity index (χ3n) is 3.29. The highest BCUT2D eigenvalue weighted by atomic mass is 16.3. The number of aliphatic hydroxyl groups excluding tert-OH is 1. The van der Waals surface area contributed by atoms with Crippen molar-refractivity contribution < 1.29 is 5.11 Å². The molecule has 108 valence electrons. The maximum absolute atomic E-state index is 9.91. The predicted octanol–water partition coefficient (Wildman–Crippen LogP) is 2.96. The van der Waals surface area contributed by atoms with Gasteiger partial charge in [0.2, 0.25) is 0 Å². The van der Waals surface area contributed by atoms with E-state index >= 15 is 0 Å². The molecule has 1 unspecified atom stereocenters. The molecular weight excluding hydrogens is 260 g/mol. The Morgan fingerprint density at radius 1 is 0.905 bits per heavy atom. The van der Waals surface area contributed by atoms with Gasteiger partial charge in [-0.25, -0.2) is 0 Å². The van der Waals surface area contributed by atoms with Gasteiger partial charge in [0.25, 0.3) is 0 Å². The second-order valence-electron chi connectivity index (χ2n) is 5.16. The zero-order chi connectivity index (χ0) is 14.9. The molecule has 0 aliphatic rings. The molecule has 0 bridgehead atoms. The molecule has 21 heavy (non-hydrogen) atoms. The van der Waals surface area contributed by atoms with Crippen LogP contribution in [0, 0.1) is 11.3 Å². The number of hydrogen-bond donors (Lipinski definition) is 1. The van der Waals surface area contributed by atoms with Gasteiger partial charge >= 0.3 is 0 Å². The Morgan fingerprint density at radius 3 is 1.81 bits per heavy atom. The fraction of sp³-hybridized carbons (Fsp3) is 0.278. The maximum Gasteiger partial charge on any atom is 0.0797 e. The Kier molecular flexibility index (Phi) is 5.96. The van der Waals surface area contributed by atoms with E-state index in [0.717, 1.165) is 13.1 Å². The van der Waals surface area contributed by atoms with Gasteiger partial charge in [-0.3, -0.25) is 4.90 Å². The summed E-state index contributed by atoms with van der Waals surface area (Å²) >= 11 is 0. The summed E-state index contributed by atoms with van der Waals surface area (Å²) in [5, 5.41) is 18.6. The van der Waals surface area contributed by atoms with E-state index in [-0.39, 0.29) is 6.42 Å². The first kappa shape index (κ1) is 15.2. The van der Waals surface area contributed by atoms with E-state index in [9.17, 15) is 5.11 Å². The van der Waals surface area contributed by atoms with E-state index in [1.54, 1.807) is 0 Å². The molecule has 0 aliphatic heterocycles. The minimum absolute atomic E-state index is 0.167. The van der Waals surface area contributed by atoms with Gasteiger partial charge in [-0.15, -0.1) is 0 Å². The fourth-order valence-electron chi connectivity index (χ4n) is 2.34. The summed E-state index contributed by atoms with van der Waals surface area (Å²) in [6, 6.07) is 22.4. The van der Waals surface area contributed by atoms with Gasteiger partial charge in [-0.05, 0) is 11.1 Å². The number of aliphatic hydroxyl groups is 1. The Balaban J connectivity index is 2.05. The predicted molar refractivity (Wildman–Crippen MR) is 83.2 cm³/mol. The summed E-state index contributed by atoms with van der Waals surface area (Å²) in [4.78, 5) is 2.17. The van der Waals surface area contributed by atoms with Crippen molar-refractivity contribution in [3.05, 3.63) is 71.8 Å². The molecule has 3 nitrogen and oxygen atoms in total. The molecule has 0 radical (unpaired) electrons. The van der Waals surface area contributed by atoms with Crippen molar-refractivity contribution >= 4 is 0 Å². The molecule has 0 saturated carbocycles. The molecule has 2 aromatic rings. The molecule has 0 fully saturated rings. The second-order valence-corrected chi connectivity index (χ2v) is 5.16. The standard InChI is InChI=1S/C18H20N2O/c19-12-11-18(21)15-20(13-16-7-3-1-4-8-16)14-17-9-5-2-6-10-17/h1-10,18,21H,11,13-15H2. The smallest absolute Gasteiger partial charge is 0.0797 e. The maximum atomic E-state index is 9.91. The Bertz CT molecular complexity index is 521. The van der Waals surface area contributed by atoms with E-state index in [2.05, 4.69) is 29.2 Å². The first-order valence-electron chi connectivity index (χ1n) is 7.13. The summed E-state index contributed by atoms with van der Waals surface area (Å²) in [6.45, 7) is 2.02. The van der Waals surface area contributed by atoms with Gasteiger partial charge in [0.1, 0.15) is 0 Å². The molecule has 0 aromatic heterocycles. The molecule has 2 aromatic carbocycles. The highest BCUT2D eigenvalue weighted by Crippen LogP contribution is 2.11. The van der Waals surface area contributed by atoms with Crippen LogP contribution in [0.5, 0.6) is 0 Å². The third-order valence-corrected chi connectivity index (χ3v) is 3.29. The topological polar surface area (TPSA) is 47.3 Å². The van der Waals surface area contributed by atoms with Crippen molar-refractivity contribution in [1.82, 2.24) is 4.90 Å². The van der Waals surface area contributed by atoms with Crippen LogP contribution in [0.15, 0.2) is 60.7 Å². The van der Waals surface area contributed by atoms with E-state index in [1.807, 2.05) is 42.5 Å². The highest BCUT2D eigenvalue weighted by molar-refractivity contribution is 5.17. The number of benzene rings is 2. The number of nitrogens with zero attached hydrogens (tertiary/aromatic N) is 2. The third kappa shape index (κ3) is 5.39. The number of hydrogen-bond acceptors (Lipinski definition) is 3. The van der Waals surface area contributed by atoms with Crippen LogP contribution in [0.1, 0.15) is 17.5 Å². The van der Waals surface area contributed by atoms with Crippen molar-refractivity contribution in [2.45, 2.75) is 25.6 Å². The Morgan fingerprint density at radius 2 is 1.38 bits per heavy atom. The Labute approximate surface area is 126 Å². The fourth-order valence-corrected chi connectivity index (χ4v) is 2.34. The molecule has 0 amide bonds. The minimum atomic E-state index is -0.609. The van der Waals surface area contributed by atoms with Crippen LogP contribution in [-0.2, 0) is 13.1 Å². The summed E-state index contributed by atoms with van der Waals surface area (Å²) in [6.07, 6.45) is -0.442.